The number of sulfonamides is 1. The zero-order chi connectivity index (χ0) is 15.5. The van der Waals surface area contributed by atoms with Gasteiger partial charge in [-0.1, -0.05) is 37.0 Å². The first-order chi connectivity index (χ1) is 9.13. The molecule has 1 rings (SSSR count). The molecule has 4 nitrogen and oxygen atoms in total. The summed E-state index contributed by atoms with van der Waals surface area (Å²) in [4.78, 5) is 0. The summed E-state index contributed by atoms with van der Waals surface area (Å²) in [5, 5.41) is 3.32. The second-order valence-corrected chi connectivity index (χ2v) is 8.02. The summed E-state index contributed by atoms with van der Waals surface area (Å²) in [6.07, 6.45) is 0. The molecule has 2 N–H and O–H groups in total. The maximum atomic E-state index is 12.2. The molecule has 1 atom stereocenters. The molecular weight excluding hydrogens is 319 g/mol. The Bertz CT molecular complexity index is 574. The first-order valence-corrected chi connectivity index (χ1v) is 8.64. The molecule has 114 valence electrons. The molecule has 1 aromatic carbocycles. The Morgan fingerprint density at radius 3 is 2.30 bits per heavy atom. The van der Waals surface area contributed by atoms with Gasteiger partial charge in [-0.2, -0.15) is 0 Å². The highest BCUT2D eigenvalue weighted by Gasteiger charge is 2.22. The highest BCUT2D eigenvalue weighted by atomic mass is 35.5. The van der Waals surface area contributed by atoms with Gasteiger partial charge in [-0.25, -0.2) is 8.42 Å². The van der Waals surface area contributed by atoms with Gasteiger partial charge in [0.15, 0.2) is 0 Å². The van der Waals surface area contributed by atoms with Gasteiger partial charge in [-0.3, -0.25) is 4.72 Å². The molecule has 0 aliphatic carbocycles. The topological polar surface area (TPSA) is 58.2 Å². The third-order valence-corrected chi connectivity index (χ3v) is 5.29. The minimum atomic E-state index is -3.52. The average Bonchev–Trinajstić information content (AvgIpc) is 2.32. The van der Waals surface area contributed by atoms with Crippen LogP contribution in [0, 0.1) is 6.92 Å². The summed E-state index contributed by atoms with van der Waals surface area (Å²) in [7, 11) is -3.52. The van der Waals surface area contributed by atoms with Crippen LogP contribution in [0.4, 0.5) is 5.69 Å². The van der Waals surface area contributed by atoms with Gasteiger partial charge in [0.25, 0.3) is 0 Å². The monoisotopic (exact) mass is 338 g/mol. The molecule has 1 unspecified atom stereocenters. The molecule has 20 heavy (non-hydrogen) atoms. The quantitative estimate of drug-likeness (QED) is 0.835. The van der Waals surface area contributed by atoms with Gasteiger partial charge >= 0.3 is 0 Å². The smallest absolute Gasteiger partial charge is 0.236 e. The van der Waals surface area contributed by atoms with E-state index in [1.165, 1.54) is 6.07 Å². The van der Waals surface area contributed by atoms with Crippen molar-refractivity contribution in [3.63, 3.8) is 0 Å². The van der Waals surface area contributed by atoms with Crippen LogP contribution in [-0.2, 0) is 10.0 Å². The van der Waals surface area contributed by atoms with E-state index in [-0.39, 0.29) is 6.04 Å². The summed E-state index contributed by atoms with van der Waals surface area (Å²) >= 11 is 12.0. The predicted octanol–water partition coefficient (Wildman–Crippen LogP) is 3.43. The Labute approximate surface area is 130 Å². The van der Waals surface area contributed by atoms with Gasteiger partial charge in [-0.05, 0) is 31.5 Å². The molecule has 0 spiro atoms. The Balaban J connectivity index is 2.88. The number of halogens is 2. The van der Waals surface area contributed by atoms with Crippen LogP contribution < -0.4 is 10.0 Å². The summed E-state index contributed by atoms with van der Waals surface area (Å²) < 4.78 is 26.9. The van der Waals surface area contributed by atoms with Gasteiger partial charge in [0.2, 0.25) is 10.0 Å². The molecule has 0 bridgehead atoms. The Morgan fingerprint density at radius 1 is 1.15 bits per heavy atom. The summed E-state index contributed by atoms with van der Waals surface area (Å²) in [5.41, 5.74) is 1.10. The van der Waals surface area contributed by atoms with E-state index in [0.29, 0.717) is 22.3 Å². The molecular formula is C13H20Cl2N2O2S. The average molecular weight is 339 g/mol. The van der Waals surface area contributed by atoms with E-state index < -0.39 is 15.3 Å². The van der Waals surface area contributed by atoms with Crippen LogP contribution in [0.1, 0.15) is 26.3 Å². The summed E-state index contributed by atoms with van der Waals surface area (Å²) in [6, 6.07) is 3.39. The second-order valence-electron chi connectivity index (χ2n) is 5.10. The van der Waals surface area contributed by atoms with Crippen molar-refractivity contribution in [2.24, 2.45) is 0 Å². The lowest BCUT2D eigenvalue weighted by Crippen LogP contribution is -2.37. The second kappa shape index (κ2) is 6.98. The van der Waals surface area contributed by atoms with Crippen molar-refractivity contribution < 1.29 is 8.42 Å². The van der Waals surface area contributed by atoms with Crippen molar-refractivity contribution in [2.75, 3.05) is 11.3 Å². The van der Waals surface area contributed by atoms with E-state index in [4.69, 9.17) is 23.2 Å². The SMILES string of the molecule is Cc1cc(Cl)c(NS(=O)(=O)C(C)CNC(C)C)cc1Cl. The lowest BCUT2D eigenvalue weighted by molar-refractivity contribution is 0.553. The van der Waals surface area contributed by atoms with E-state index >= 15 is 0 Å². The predicted molar refractivity (Wildman–Crippen MR) is 86.3 cm³/mol. The van der Waals surface area contributed by atoms with E-state index in [1.807, 2.05) is 20.8 Å². The minimum absolute atomic E-state index is 0.227. The van der Waals surface area contributed by atoms with Crippen LogP contribution in [0.15, 0.2) is 12.1 Å². The molecule has 0 aliphatic heterocycles. The van der Waals surface area contributed by atoms with Crippen LogP contribution >= 0.6 is 23.2 Å². The molecule has 0 amide bonds. The number of hydrogen-bond acceptors (Lipinski definition) is 3. The molecule has 0 radical (unpaired) electrons. The zero-order valence-electron chi connectivity index (χ0n) is 12.0. The lowest BCUT2D eigenvalue weighted by atomic mass is 10.2. The highest BCUT2D eigenvalue weighted by molar-refractivity contribution is 7.93. The van der Waals surface area contributed by atoms with Crippen molar-refractivity contribution in [1.29, 1.82) is 0 Å². The Kier molecular flexibility index (Phi) is 6.13. The maximum Gasteiger partial charge on any atom is 0.236 e. The van der Waals surface area contributed by atoms with Crippen LogP contribution in [0.25, 0.3) is 0 Å². The standard InChI is InChI=1S/C13H20Cl2N2O2S/c1-8(2)16-7-10(4)20(18,19)17-13-6-11(14)9(3)5-12(13)15/h5-6,8,10,16-17H,7H2,1-4H3. The van der Waals surface area contributed by atoms with Crippen LogP contribution in [-0.4, -0.2) is 26.3 Å². The summed E-state index contributed by atoms with van der Waals surface area (Å²) in [6.45, 7) is 7.74. The van der Waals surface area contributed by atoms with Crippen molar-refractivity contribution in [1.82, 2.24) is 5.32 Å². The Hall–Kier alpha value is -0.490. The van der Waals surface area contributed by atoms with Gasteiger partial charge in [0, 0.05) is 17.6 Å². The fourth-order valence-electron chi connectivity index (χ4n) is 1.49. The summed E-state index contributed by atoms with van der Waals surface area (Å²) in [5.74, 6) is 0. The van der Waals surface area contributed by atoms with E-state index in [1.54, 1.807) is 13.0 Å². The van der Waals surface area contributed by atoms with E-state index in [0.717, 1.165) is 5.56 Å². The highest BCUT2D eigenvalue weighted by Crippen LogP contribution is 2.29. The first-order valence-electron chi connectivity index (χ1n) is 6.34. The molecule has 0 aromatic heterocycles. The molecule has 0 saturated heterocycles. The Morgan fingerprint density at radius 2 is 1.75 bits per heavy atom. The fraction of sp³-hybridized carbons (Fsp3) is 0.538. The first kappa shape index (κ1) is 17.6. The number of anilines is 1. The van der Waals surface area contributed by atoms with E-state index in [2.05, 4.69) is 10.0 Å². The maximum absolute atomic E-state index is 12.2. The molecule has 0 aliphatic rings. The number of rotatable bonds is 6. The molecule has 7 heteroatoms. The number of nitrogens with one attached hydrogen (secondary N) is 2. The molecule has 1 aromatic rings. The van der Waals surface area contributed by atoms with Gasteiger partial charge in [0.1, 0.15) is 0 Å². The van der Waals surface area contributed by atoms with Gasteiger partial charge in [0.05, 0.1) is 16.0 Å². The lowest BCUT2D eigenvalue weighted by Gasteiger charge is -2.18. The van der Waals surface area contributed by atoms with Crippen molar-refractivity contribution in [3.8, 4) is 0 Å². The van der Waals surface area contributed by atoms with Crippen molar-refractivity contribution in [3.05, 3.63) is 27.7 Å². The molecule has 0 saturated carbocycles. The van der Waals surface area contributed by atoms with Crippen LogP contribution in [0.3, 0.4) is 0 Å². The fourth-order valence-corrected chi connectivity index (χ4v) is 2.97. The number of aryl methyl sites for hydroxylation is 1. The third-order valence-electron chi connectivity index (χ3n) is 2.84. The van der Waals surface area contributed by atoms with E-state index in [9.17, 15) is 8.42 Å². The van der Waals surface area contributed by atoms with Crippen LogP contribution in [0.5, 0.6) is 0 Å². The molecule has 0 heterocycles. The minimum Gasteiger partial charge on any atom is -0.313 e. The van der Waals surface area contributed by atoms with Crippen molar-refractivity contribution >= 4 is 38.9 Å². The van der Waals surface area contributed by atoms with Gasteiger partial charge < -0.3 is 5.32 Å². The third kappa shape index (κ3) is 4.81. The largest absolute Gasteiger partial charge is 0.313 e. The normalized spacial score (nSPS) is 13.6. The van der Waals surface area contributed by atoms with Gasteiger partial charge in [-0.15, -0.1) is 0 Å². The molecule has 0 fully saturated rings. The van der Waals surface area contributed by atoms with Crippen molar-refractivity contribution in [2.45, 2.75) is 39.0 Å². The number of hydrogen-bond donors (Lipinski definition) is 2. The number of benzene rings is 1. The van der Waals surface area contributed by atoms with Crippen LogP contribution in [0.2, 0.25) is 10.0 Å². The zero-order valence-corrected chi connectivity index (χ0v) is 14.3.